The standard InChI is InChI=1S/C23H19N3O3/c1-28-20-8-2-3-9-21(20)29-23-18(7-5-13-25-23)15-26-22(27)17-10-11-19-16(14-17)6-4-12-24-19/h2-14H,15H2,1H3,(H,26,27). The highest BCUT2D eigenvalue weighted by Crippen LogP contribution is 2.31. The van der Waals surface area contributed by atoms with Crippen LogP contribution in [0.15, 0.2) is 79.1 Å². The summed E-state index contributed by atoms with van der Waals surface area (Å²) in [5, 5.41) is 3.84. The van der Waals surface area contributed by atoms with E-state index in [-0.39, 0.29) is 12.5 Å². The molecule has 0 fully saturated rings. The van der Waals surface area contributed by atoms with Crippen molar-refractivity contribution in [1.82, 2.24) is 15.3 Å². The second-order valence-corrected chi connectivity index (χ2v) is 6.31. The quantitative estimate of drug-likeness (QED) is 0.534. The molecule has 0 aliphatic rings. The average Bonchev–Trinajstić information content (AvgIpc) is 2.78. The summed E-state index contributed by atoms with van der Waals surface area (Å²) in [5.74, 6) is 1.41. The third-order valence-electron chi connectivity index (χ3n) is 4.43. The Bertz CT molecular complexity index is 1160. The molecule has 0 saturated heterocycles. The summed E-state index contributed by atoms with van der Waals surface area (Å²) in [4.78, 5) is 21.2. The van der Waals surface area contributed by atoms with Gasteiger partial charge in [-0.25, -0.2) is 4.98 Å². The van der Waals surface area contributed by atoms with Crippen LogP contribution < -0.4 is 14.8 Å². The zero-order chi connectivity index (χ0) is 20.1. The second-order valence-electron chi connectivity index (χ2n) is 6.31. The number of ether oxygens (including phenoxy) is 2. The minimum absolute atomic E-state index is 0.178. The van der Waals surface area contributed by atoms with Gasteiger partial charge in [-0.15, -0.1) is 0 Å². The summed E-state index contributed by atoms with van der Waals surface area (Å²) in [5.41, 5.74) is 2.18. The van der Waals surface area contributed by atoms with E-state index in [0.717, 1.165) is 16.5 Å². The molecule has 0 aliphatic carbocycles. The molecule has 0 aliphatic heterocycles. The van der Waals surface area contributed by atoms with Crippen molar-refractivity contribution in [2.75, 3.05) is 7.11 Å². The van der Waals surface area contributed by atoms with E-state index in [4.69, 9.17) is 9.47 Å². The van der Waals surface area contributed by atoms with Gasteiger partial charge in [0, 0.05) is 35.5 Å². The lowest BCUT2D eigenvalue weighted by Crippen LogP contribution is -2.23. The molecule has 0 unspecified atom stereocenters. The molecular formula is C23H19N3O3. The van der Waals surface area contributed by atoms with E-state index < -0.39 is 0 Å². The Morgan fingerprint density at radius 2 is 1.72 bits per heavy atom. The maximum atomic E-state index is 12.6. The normalized spacial score (nSPS) is 10.5. The number of nitrogens with one attached hydrogen (secondary N) is 1. The Balaban J connectivity index is 1.50. The number of para-hydroxylation sites is 2. The van der Waals surface area contributed by atoms with Crippen molar-refractivity contribution in [1.29, 1.82) is 0 Å². The van der Waals surface area contributed by atoms with E-state index >= 15 is 0 Å². The molecule has 0 saturated carbocycles. The van der Waals surface area contributed by atoms with Crippen molar-refractivity contribution >= 4 is 16.8 Å². The van der Waals surface area contributed by atoms with Gasteiger partial charge in [-0.3, -0.25) is 9.78 Å². The number of nitrogens with zero attached hydrogens (tertiary/aromatic N) is 2. The van der Waals surface area contributed by atoms with E-state index in [0.29, 0.717) is 22.9 Å². The second kappa shape index (κ2) is 8.39. The number of rotatable bonds is 6. The molecule has 0 bridgehead atoms. The molecule has 144 valence electrons. The van der Waals surface area contributed by atoms with Crippen LogP contribution in [0, 0.1) is 0 Å². The van der Waals surface area contributed by atoms with Crippen molar-refractivity contribution in [2.45, 2.75) is 6.54 Å². The number of carbonyl (C=O) groups is 1. The van der Waals surface area contributed by atoms with Gasteiger partial charge in [0.2, 0.25) is 5.88 Å². The fourth-order valence-electron chi connectivity index (χ4n) is 2.95. The van der Waals surface area contributed by atoms with Crippen LogP contribution in [0.5, 0.6) is 17.4 Å². The minimum Gasteiger partial charge on any atom is -0.493 e. The first kappa shape index (κ1) is 18.4. The Hall–Kier alpha value is -3.93. The molecule has 29 heavy (non-hydrogen) atoms. The summed E-state index contributed by atoms with van der Waals surface area (Å²) in [6.07, 6.45) is 3.38. The first-order valence-corrected chi connectivity index (χ1v) is 9.12. The Labute approximate surface area is 168 Å². The van der Waals surface area contributed by atoms with Crippen molar-refractivity contribution in [3.63, 3.8) is 0 Å². The van der Waals surface area contributed by atoms with Gasteiger partial charge in [-0.1, -0.05) is 24.3 Å². The molecule has 0 radical (unpaired) electrons. The predicted molar refractivity (Wildman–Crippen MR) is 110 cm³/mol. The van der Waals surface area contributed by atoms with E-state index in [1.165, 1.54) is 0 Å². The molecule has 2 aromatic heterocycles. The molecule has 2 heterocycles. The summed E-state index contributed by atoms with van der Waals surface area (Å²) >= 11 is 0. The Morgan fingerprint density at radius 1 is 0.931 bits per heavy atom. The average molecular weight is 385 g/mol. The van der Waals surface area contributed by atoms with E-state index in [9.17, 15) is 4.79 Å². The van der Waals surface area contributed by atoms with Crippen LogP contribution in [0.4, 0.5) is 0 Å². The lowest BCUT2D eigenvalue weighted by molar-refractivity contribution is 0.0951. The van der Waals surface area contributed by atoms with E-state index in [1.54, 1.807) is 37.7 Å². The number of carbonyl (C=O) groups excluding carboxylic acids is 1. The van der Waals surface area contributed by atoms with Crippen LogP contribution >= 0.6 is 0 Å². The third kappa shape index (κ3) is 4.16. The van der Waals surface area contributed by atoms with Gasteiger partial charge in [-0.2, -0.15) is 0 Å². The number of fused-ring (bicyclic) bond motifs is 1. The Morgan fingerprint density at radius 3 is 2.59 bits per heavy atom. The number of benzene rings is 2. The SMILES string of the molecule is COc1ccccc1Oc1ncccc1CNC(=O)c1ccc2ncccc2c1. The van der Waals surface area contributed by atoms with Gasteiger partial charge in [0.05, 0.1) is 12.6 Å². The summed E-state index contributed by atoms with van der Waals surface area (Å²) in [6, 6.07) is 20.2. The lowest BCUT2D eigenvalue weighted by atomic mass is 10.1. The summed E-state index contributed by atoms with van der Waals surface area (Å²) in [6.45, 7) is 0.280. The highest BCUT2D eigenvalue weighted by Gasteiger charge is 2.12. The maximum Gasteiger partial charge on any atom is 0.251 e. The van der Waals surface area contributed by atoms with Gasteiger partial charge in [-0.05, 0) is 42.5 Å². The molecular weight excluding hydrogens is 366 g/mol. The molecule has 6 nitrogen and oxygen atoms in total. The van der Waals surface area contributed by atoms with Crippen LogP contribution in [0.3, 0.4) is 0 Å². The van der Waals surface area contributed by atoms with Crippen LogP contribution in [0.1, 0.15) is 15.9 Å². The van der Waals surface area contributed by atoms with Crippen molar-refractivity contribution < 1.29 is 14.3 Å². The third-order valence-corrected chi connectivity index (χ3v) is 4.43. The van der Waals surface area contributed by atoms with Crippen molar-refractivity contribution in [2.24, 2.45) is 0 Å². The fourth-order valence-corrected chi connectivity index (χ4v) is 2.95. The van der Waals surface area contributed by atoms with Gasteiger partial charge in [0.1, 0.15) is 0 Å². The monoisotopic (exact) mass is 385 g/mol. The van der Waals surface area contributed by atoms with Crippen LogP contribution in [-0.4, -0.2) is 23.0 Å². The zero-order valence-electron chi connectivity index (χ0n) is 15.8. The summed E-state index contributed by atoms with van der Waals surface area (Å²) in [7, 11) is 1.58. The van der Waals surface area contributed by atoms with Crippen LogP contribution in [-0.2, 0) is 6.54 Å². The first-order chi connectivity index (χ1) is 14.2. The molecule has 1 N–H and O–H groups in total. The number of hydrogen-bond acceptors (Lipinski definition) is 5. The van der Waals surface area contributed by atoms with Crippen molar-refractivity contribution in [3.8, 4) is 17.4 Å². The Kier molecular flexibility index (Phi) is 5.33. The molecule has 2 aromatic carbocycles. The van der Waals surface area contributed by atoms with Gasteiger partial charge in [0.15, 0.2) is 11.5 Å². The molecule has 4 rings (SSSR count). The molecule has 6 heteroatoms. The van der Waals surface area contributed by atoms with Gasteiger partial charge >= 0.3 is 0 Å². The number of amides is 1. The fraction of sp³-hybridized carbons (Fsp3) is 0.0870. The summed E-state index contributed by atoms with van der Waals surface area (Å²) < 4.78 is 11.3. The minimum atomic E-state index is -0.178. The number of pyridine rings is 2. The molecule has 0 atom stereocenters. The molecule has 4 aromatic rings. The first-order valence-electron chi connectivity index (χ1n) is 9.12. The maximum absolute atomic E-state index is 12.6. The lowest BCUT2D eigenvalue weighted by Gasteiger charge is -2.13. The number of aromatic nitrogens is 2. The van der Waals surface area contributed by atoms with Crippen LogP contribution in [0.25, 0.3) is 10.9 Å². The highest BCUT2D eigenvalue weighted by atomic mass is 16.5. The number of hydrogen-bond donors (Lipinski definition) is 1. The zero-order valence-corrected chi connectivity index (χ0v) is 15.8. The molecule has 0 spiro atoms. The largest absolute Gasteiger partial charge is 0.493 e. The van der Waals surface area contributed by atoms with Crippen molar-refractivity contribution in [3.05, 3.63) is 90.3 Å². The van der Waals surface area contributed by atoms with E-state index in [2.05, 4.69) is 15.3 Å². The predicted octanol–water partition coefficient (Wildman–Crippen LogP) is 4.36. The van der Waals surface area contributed by atoms with Crippen LogP contribution in [0.2, 0.25) is 0 Å². The molecule has 1 amide bonds. The smallest absolute Gasteiger partial charge is 0.251 e. The van der Waals surface area contributed by atoms with Gasteiger partial charge in [0.25, 0.3) is 5.91 Å². The topological polar surface area (TPSA) is 73.3 Å². The van der Waals surface area contributed by atoms with Gasteiger partial charge < -0.3 is 14.8 Å². The van der Waals surface area contributed by atoms with E-state index in [1.807, 2.05) is 48.5 Å². The highest BCUT2D eigenvalue weighted by molar-refractivity contribution is 5.97. The number of methoxy groups -OCH3 is 1.